The molecule has 0 heterocycles. The summed E-state index contributed by atoms with van der Waals surface area (Å²) >= 11 is 0. The number of nitrogens with one attached hydrogen (secondary N) is 2. The zero-order valence-electron chi connectivity index (χ0n) is 17.7. The summed E-state index contributed by atoms with van der Waals surface area (Å²) in [5.41, 5.74) is 1.25. The Kier molecular flexibility index (Phi) is 7.76. The van der Waals surface area contributed by atoms with Crippen molar-refractivity contribution in [3.63, 3.8) is 0 Å². The van der Waals surface area contributed by atoms with E-state index in [-0.39, 0.29) is 12.2 Å². The molecule has 3 aromatic carbocycles. The van der Waals surface area contributed by atoms with Crippen LogP contribution in [-0.2, 0) is 9.59 Å². The second-order valence-electron chi connectivity index (χ2n) is 6.73. The van der Waals surface area contributed by atoms with E-state index in [9.17, 15) is 19.2 Å². The zero-order valence-corrected chi connectivity index (χ0v) is 17.7. The fraction of sp³-hybridized carbons (Fsp3) is 0.0800. The lowest BCUT2D eigenvalue weighted by molar-refractivity contribution is -0.118. The Hall–Kier alpha value is -4.64. The van der Waals surface area contributed by atoms with Gasteiger partial charge in [-0.25, -0.2) is 4.39 Å². The average molecular weight is 445 g/mol. The van der Waals surface area contributed by atoms with Gasteiger partial charge in [-0.3, -0.25) is 9.59 Å². The second kappa shape index (κ2) is 11.1. The van der Waals surface area contributed by atoms with Crippen molar-refractivity contribution in [2.45, 2.75) is 0 Å². The fourth-order valence-electron chi connectivity index (χ4n) is 2.78. The first-order chi connectivity index (χ1) is 16.0. The molecule has 3 aromatic rings. The van der Waals surface area contributed by atoms with Gasteiger partial charge < -0.3 is 20.1 Å². The third kappa shape index (κ3) is 6.67. The lowest BCUT2D eigenvalue weighted by atomic mass is 10.1. The van der Waals surface area contributed by atoms with Crippen LogP contribution < -0.4 is 20.1 Å². The largest absolute Gasteiger partial charge is 0.497 e. The standard InChI is InChI=1S/C25H20FN3O4/c1-32-22-12-10-21(11-13-22)29-25(31)18(15-27)14-17-4-2-3-5-23(17)33-16-24(30)28-20-8-6-19(26)7-9-20/h2-14H,16H2,1H3,(H,28,30)(H,29,31)/b18-14-. The van der Waals surface area contributed by atoms with Crippen LogP contribution in [0.25, 0.3) is 6.08 Å². The third-order valence-electron chi connectivity index (χ3n) is 4.42. The lowest BCUT2D eigenvalue weighted by Gasteiger charge is -2.10. The SMILES string of the molecule is COc1ccc(NC(=O)/C(C#N)=C\c2ccccc2OCC(=O)Nc2ccc(F)cc2)cc1. The Labute approximate surface area is 190 Å². The summed E-state index contributed by atoms with van der Waals surface area (Å²) < 4.78 is 23.6. The molecule has 0 saturated heterocycles. The van der Waals surface area contributed by atoms with Crippen molar-refractivity contribution < 1.29 is 23.5 Å². The molecule has 0 aliphatic carbocycles. The fourth-order valence-corrected chi connectivity index (χ4v) is 2.78. The van der Waals surface area contributed by atoms with Gasteiger partial charge >= 0.3 is 0 Å². The average Bonchev–Trinajstić information content (AvgIpc) is 2.83. The maximum absolute atomic E-state index is 13.0. The molecule has 0 unspecified atom stereocenters. The van der Waals surface area contributed by atoms with Crippen LogP contribution in [0, 0.1) is 17.1 Å². The molecule has 0 aliphatic heterocycles. The number of anilines is 2. The predicted molar refractivity (Wildman–Crippen MR) is 122 cm³/mol. The molecular weight excluding hydrogens is 425 g/mol. The van der Waals surface area contributed by atoms with Crippen molar-refractivity contribution in [2.24, 2.45) is 0 Å². The van der Waals surface area contributed by atoms with E-state index in [0.717, 1.165) is 0 Å². The lowest BCUT2D eigenvalue weighted by Crippen LogP contribution is -2.20. The molecule has 0 bridgehead atoms. The van der Waals surface area contributed by atoms with Crippen LogP contribution in [0.4, 0.5) is 15.8 Å². The van der Waals surface area contributed by atoms with Gasteiger partial charge in [-0.05, 0) is 60.7 Å². The van der Waals surface area contributed by atoms with Crippen molar-refractivity contribution >= 4 is 29.3 Å². The summed E-state index contributed by atoms with van der Waals surface area (Å²) in [5, 5.41) is 14.7. The molecular formula is C25H20FN3O4. The highest BCUT2D eigenvalue weighted by Crippen LogP contribution is 2.22. The smallest absolute Gasteiger partial charge is 0.266 e. The molecule has 3 rings (SSSR count). The highest BCUT2D eigenvalue weighted by atomic mass is 19.1. The normalized spacial score (nSPS) is 10.6. The summed E-state index contributed by atoms with van der Waals surface area (Å²) in [5.74, 6) is -0.491. The Morgan fingerprint density at radius 3 is 2.27 bits per heavy atom. The number of hydrogen-bond donors (Lipinski definition) is 2. The summed E-state index contributed by atoms with van der Waals surface area (Å²) in [4.78, 5) is 24.7. The van der Waals surface area contributed by atoms with Gasteiger partial charge in [0.25, 0.3) is 11.8 Å². The quantitative estimate of drug-likeness (QED) is 0.395. The van der Waals surface area contributed by atoms with Crippen LogP contribution in [0.1, 0.15) is 5.56 Å². The van der Waals surface area contributed by atoms with Crippen LogP contribution in [0.15, 0.2) is 78.4 Å². The van der Waals surface area contributed by atoms with Crippen LogP contribution in [0.3, 0.4) is 0 Å². The van der Waals surface area contributed by atoms with E-state index in [1.54, 1.807) is 48.5 Å². The Balaban J connectivity index is 1.67. The van der Waals surface area contributed by atoms with Crippen molar-refractivity contribution in [3.05, 3.63) is 89.8 Å². The van der Waals surface area contributed by atoms with Crippen LogP contribution in [-0.4, -0.2) is 25.5 Å². The van der Waals surface area contributed by atoms with Crippen molar-refractivity contribution in [3.8, 4) is 17.6 Å². The molecule has 33 heavy (non-hydrogen) atoms. The van der Waals surface area contributed by atoms with Crippen LogP contribution >= 0.6 is 0 Å². The Morgan fingerprint density at radius 1 is 0.970 bits per heavy atom. The van der Waals surface area contributed by atoms with E-state index in [2.05, 4.69) is 10.6 Å². The number of hydrogen-bond acceptors (Lipinski definition) is 5. The van der Waals surface area contributed by atoms with E-state index in [1.807, 2.05) is 6.07 Å². The number of amides is 2. The number of benzene rings is 3. The van der Waals surface area contributed by atoms with E-state index < -0.39 is 17.6 Å². The van der Waals surface area contributed by atoms with Gasteiger partial charge in [0.15, 0.2) is 6.61 Å². The highest BCUT2D eigenvalue weighted by molar-refractivity contribution is 6.09. The van der Waals surface area contributed by atoms with E-state index in [0.29, 0.717) is 28.4 Å². The molecule has 2 N–H and O–H groups in total. The number of halogens is 1. The first kappa shape index (κ1) is 23.0. The van der Waals surface area contributed by atoms with Gasteiger partial charge in [-0.2, -0.15) is 5.26 Å². The Morgan fingerprint density at radius 2 is 1.61 bits per heavy atom. The molecule has 0 aromatic heterocycles. The highest BCUT2D eigenvalue weighted by Gasteiger charge is 2.12. The van der Waals surface area contributed by atoms with E-state index >= 15 is 0 Å². The number of nitriles is 1. The number of rotatable bonds is 8. The van der Waals surface area contributed by atoms with Gasteiger partial charge in [0.2, 0.25) is 0 Å². The first-order valence-electron chi connectivity index (χ1n) is 9.83. The molecule has 166 valence electrons. The molecule has 0 fully saturated rings. The van der Waals surface area contributed by atoms with Gasteiger partial charge in [0.05, 0.1) is 7.11 Å². The molecule has 8 heteroatoms. The molecule has 0 atom stereocenters. The van der Waals surface area contributed by atoms with Crippen molar-refractivity contribution in [1.82, 2.24) is 0 Å². The topological polar surface area (TPSA) is 100 Å². The minimum Gasteiger partial charge on any atom is -0.497 e. The van der Waals surface area contributed by atoms with E-state index in [4.69, 9.17) is 9.47 Å². The molecule has 0 spiro atoms. The molecule has 7 nitrogen and oxygen atoms in total. The minimum atomic E-state index is -0.591. The monoisotopic (exact) mass is 445 g/mol. The molecule has 0 saturated carbocycles. The summed E-state index contributed by atoms with van der Waals surface area (Å²) in [6, 6.07) is 20.6. The summed E-state index contributed by atoms with van der Waals surface area (Å²) in [6.07, 6.45) is 1.38. The van der Waals surface area contributed by atoms with Crippen molar-refractivity contribution in [2.75, 3.05) is 24.4 Å². The summed E-state index contributed by atoms with van der Waals surface area (Å²) in [6.45, 7) is -0.317. The van der Waals surface area contributed by atoms with Gasteiger partial charge in [0.1, 0.15) is 29.0 Å². The third-order valence-corrected chi connectivity index (χ3v) is 4.42. The van der Waals surface area contributed by atoms with Gasteiger partial charge in [0, 0.05) is 16.9 Å². The molecule has 0 radical (unpaired) electrons. The second-order valence-corrected chi connectivity index (χ2v) is 6.73. The minimum absolute atomic E-state index is 0.141. The van der Waals surface area contributed by atoms with Gasteiger partial charge in [-0.15, -0.1) is 0 Å². The van der Waals surface area contributed by atoms with Crippen molar-refractivity contribution in [1.29, 1.82) is 5.26 Å². The van der Waals surface area contributed by atoms with E-state index in [1.165, 1.54) is 37.5 Å². The number of nitrogens with zero attached hydrogens (tertiary/aromatic N) is 1. The van der Waals surface area contributed by atoms with Crippen LogP contribution in [0.2, 0.25) is 0 Å². The summed E-state index contributed by atoms with van der Waals surface area (Å²) in [7, 11) is 1.54. The number of para-hydroxylation sites is 1. The number of carbonyl (C=O) groups excluding carboxylic acids is 2. The first-order valence-corrected chi connectivity index (χ1v) is 9.83. The van der Waals surface area contributed by atoms with Crippen LogP contribution in [0.5, 0.6) is 11.5 Å². The zero-order chi connectivity index (χ0) is 23.6. The predicted octanol–water partition coefficient (Wildman–Crippen LogP) is 4.40. The number of ether oxygens (including phenoxy) is 2. The van der Waals surface area contributed by atoms with Gasteiger partial charge in [-0.1, -0.05) is 18.2 Å². The maximum Gasteiger partial charge on any atom is 0.266 e. The Bertz CT molecular complexity index is 1200. The number of methoxy groups -OCH3 is 1. The maximum atomic E-state index is 13.0. The molecule has 0 aliphatic rings. The number of carbonyl (C=O) groups is 2. The molecule has 2 amide bonds.